The molecule has 0 aliphatic heterocycles. The minimum atomic E-state index is -5.43. The molecule has 25 heavy (non-hydrogen) atoms. The molecule has 5 nitrogen and oxygen atoms in total. The highest BCUT2D eigenvalue weighted by Crippen LogP contribution is 2.44. The number of imide groups is 1. The van der Waals surface area contributed by atoms with Gasteiger partial charge in [0.15, 0.2) is 0 Å². The Labute approximate surface area is 142 Å². The summed E-state index contributed by atoms with van der Waals surface area (Å²) in [4.78, 5) is 24.1. The molecule has 0 N–H and O–H groups in total. The zero-order valence-corrected chi connectivity index (χ0v) is 13.6. The van der Waals surface area contributed by atoms with E-state index < -0.39 is 51.3 Å². The van der Waals surface area contributed by atoms with Crippen LogP contribution in [-0.2, 0) is 4.74 Å². The number of carbonyl (C=O) groups excluding carboxylic acids is 2. The van der Waals surface area contributed by atoms with Gasteiger partial charge in [-0.25, -0.2) is 14.0 Å². The summed E-state index contributed by atoms with van der Waals surface area (Å²) in [5, 5.41) is 0. The molecule has 0 aliphatic carbocycles. The number of ether oxygens (including phenoxy) is 1. The maximum atomic E-state index is 13.0. The number of para-hydroxylation sites is 1. The summed E-state index contributed by atoms with van der Waals surface area (Å²) in [6.45, 7) is 1.34. The minimum Gasteiger partial charge on any atom is -0.449 e. The molecule has 0 spiro atoms. The highest BCUT2D eigenvalue weighted by atomic mass is 32.2. The molecule has 1 aromatic carbocycles. The largest absolute Gasteiger partial charge is 0.495 e. The summed E-state index contributed by atoms with van der Waals surface area (Å²) < 4.78 is 80.2. The van der Waals surface area contributed by atoms with E-state index in [1.807, 2.05) is 0 Å². The molecule has 0 atom stereocenters. The van der Waals surface area contributed by atoms with E-state index in [9.17, 15) is 35.9 Å². The molecule has 0 aromatic heterocycles. The zero-order chi connectivity index (χ0) is 19.4. The summed E-state index contributed by atoms with van der Waals surface area (Å²) in [6.07, 6.45) is -6.58. The van der Waals surface area contributed by atoms with E-state index in [1.165, 1.54) is 6.92 Å². The third-order valence-electron chi connectivity index (χ3n) is 2.62. The van der Waals surface area contributed by atoms with Crippen LogP contribution in [0.2, 0.25) is 0 Å². The molecule has 0 unspecified atom stereocenters. The molecular weight excluding hydrogens is 378 g/mol. The van der Waals surface area contributed by atoms with E-state index >= 15 is 0 Å². The number of nitrogens with zero attached hydrogens (tertiary/aromatic N) is 2. The van der Waals surface area contributed by atoms with Crippen LogP contribution in [-0.4, -0.2) is 42.4 Å². The number of hydrogen-bond acceptors (Lipinski definition) is 5. The second-order valence-electron chi connectivity index (χ2n) is 4.38. The van der Waals surface area contributed by atoms with Gasteiger partial charge < -0.3 is 4.74 Å². The Morgan fingerprint density at radius 3 is 2.16 bits per heavy atom. The minimum absolute atomic E-state index is 0.100. The molecular formula is C13H12F6N2O3S. The summed E-state index contributed by atoms with van der Waals surface area (Å²) in [7, 11) is 0.936. The Morgan fingerprint density at radius 2 is 1.68 bits per heavy atom. The van der Waals surface area contributed by atoms with Gasteiger partial charge in [0.25, 0.3) is 5.91 Å². The van der Waals surface area contributed by atoms with Crippen LogP contribution in [0.15, 0.2) is 24.3 Å². The average Bonchev–Trinajstić information content (AvgIpc) is 2.49. The summed E-state index contributed by atoms with van der Waals surface area (Å²) >= 11 is -1.45. The second kappa shape index (κ2) is 7.85. The van der Waals surface area contributed by atoms with E-state index in [1.54, 1.807) is 0 Å². The molecule has 140 valence electrons. The zero-order valence-electron chi connectivity index (χ0n) is 12.8. The van der Waals surface area contributed by atoms with Crippen molar-refractivity contribution in [2.45, 2.75) is 18.7 Å². The molecule has 0 heterocycles. The van der Waals surface area contributed by atoms with Crippen molar-refractivity contribution in [3.63, 3.8) is 0 Å². The quantitative estimate of drug-likeness (QED) is 0.433. The molecule has 0 bridgehead atoms. The van der Waals surface area contributed by atoms with Crippen LogP contribution in [0.3, 0.4) is 0 Å². The number of benzene rings is 1. The van der Waals surface area contributed by atoms with Crippen molar-refractivity contribution < 1.29 is 40.7 Å². The first-order valence-electron chi connectivity index (χ1n) is 6.55. The van der Waals surface area contributed by atoms with E-state index in [2.05, 4.69) is 4.74 Å². The third kappa shape index (κ3) is 5.73. The topological polar surface area (TPSA) is 49.9 Å². The molecule has 12 heteroatoms. The van der Waals surface area contributed by atoms with Crippen LogP contribution in [0.4, 0.5) is 36.8 Å². The van der Waals surface area contributed by atoms with E-state index in [0.717, 1.165) is 25.2 Å². The van der Waals surface area contributed by atoms with Crippen LogP contribution in [0.5, 0.6) is 0 Å². The number of halogens is 6. The SMILES string of the molecule is CCOC(=O)N(C)C(=O)c1ccccc1N(SC(F)(F)F)C(F)(F)F. The van der Waals surface area contributed by atoms with Gasteiger partial charge in [-0.15, -0.1) is 13.2 Å². The first-order chi connectivity index (χ1) is 11.4. The molecule has 1 rings (SSSR count). The highest BCUT2D eigenvalue weighted by Gasteiger charge is 2.47. The van der Waals surface area contributed by atoms with Crippen LogP contribution in [0.25, 0.3) is 0 Å². The normalized spacial score (nSPS) is 11.8. The van der Waals surface area contributed by atoms with Gasteiger partial charge in [0.2, 0.25) is 0 Å². The molecule has 0 fully saturated rings. The van der Waals surface area contributed by atoms with Gasteiger partial charge in [0, 0.05) is 7.05 Å². The Hall–Kier alpha value is -2.11. The number of amides is 2. The standard InChI is InChI=1S/C13H12F6N2O3S/c1-3-24-11(23)20(2)10(22)8-6-4-5-7-9(8)21(12(14,15)16)25-13(17,18)19/h4-7H,3H2,1-2H3. The summed E-state index contributed by atoms with van der Waals surface area (Å²) in [5.41, 5.74) is -7.05. The Bertz CT molecular complexity index is 635. The lowest BCUT2D eigenvalue weighted by Crippen LogP contribution is -2.38. The maximum absolute atomic E-state index is 13.0. The van der Waals surface area contributed by atoms with Gasteiger partial charge in [0.05, 0.1) is 29.8 Å². The molecule has 2 amide bonds. The van der Waals surface area contributed by atoms with Gasteiger partial charge in [-0.05, 0) is 19.1 Å². The fourth-order valence-electron chi connectivity index (χ4n) is 1.66. The van der Waals surface area contributed by atoms with Crippen LogP contribution in [0.1, 0.15) is 17.3 Å². The van der Waals surface area contributed by atoms with Gasteiger partial charge >= 0.3 is 17.9 Å². The van der Waals surface area contributed by atoms with Crippen molar-refractivity contribution >= 4 is 29.6 Å². The number of anilines is 1. The number of carbonyl (C=O) groups is 2. The average molecular weight is 390 g/mol. The number of hydrogen-bond donors (Lipinski definition) is 0. The van der Waals surface area contributed by atoms with Crippen molar-refractivity contribution in [1.29, 1.82) is 0 Å². The Kier molecular flexibility index (Phi) is 6.57. The Morgan fingerprint density at radius 1 is 1.12 bits per heavy atom. The molecule has 0 saturated carbocycles. The number of rotatable bonds is 4. The van der Waals surface area contributed by atoms with Gasteiger partial charge in [-0.2, -0.15) is 13.2 Å². The van der Waals surface area contributed by atoms with Crippen LogP contribution < -0.4 is 4.31 Å². The Balaban J connectivity index is 3.33. The highest BCUT2D eigenvalue weighted by molar-refractivity contribution is 8.01. The first-order valence-corrected chi connectivity index (χ1v) is 7.32. The lowest BCUT2D eigenvalue weighted by Gasteiger charge is -2.28. The van der Waals surface area contributed by atoms with Crippen molar-refractivity contribution in [3.05, 3.63) is 29.8 Å². The van der Waals surface area contributed by atoms with Gasteiger partial charge in [-0.1, -0.05) is 12.1 Å². The molecule has 0 saturated heterocycles. The molecule has 0 radical (unpaired) electrons. The van der Waals surface area contributed by atoms with Crippen LogP contribution in [0, 0.1) is 0 Å². The van der Waals surface area contributed by atoms with Gasteiger partial charge in [-0.3, -0.25) is 4.79 Å². The fraction of sp³-hybridized carbons (Fsp3) is 0.385. The molecule has 1 aromatic rings. The van der Waals surface area contributed by atoms with Crippen molar-refractivity contribution in [1.82, 2.24) is 4.90 Å². The summed E-state index contributed by atoms with van der Waals surface area (Å²) in [5.74, 6) is -1.24. The second-order valence-corrected chi connectivity index (χ2v) is 5.39. The predicted octanol–water partition coefficient (Wildman–Crippen LogP) is 4.41. The lowest BCUT2D eigenvalue weighted by atomic mass is 10.1. The van der Waals surface area contributed by atoms with Gasteiger partial charge in [0.1, 0.15) is 0 Å². The van der Waals surface area contributed by atoms with E-state index in [0.29, 0.717) is 11.0 Å². The van der Waals surface area contributed by atoms with Crippen molar-refractivity contribution in [2.75, 3.05) is 18.0 Å². The van der Waals surface area contributed by atoms with E-state index in [-0.39, 0.29) is 6.61 Å². The van der Waals surface area contributed by atoms with Crippen molar-refractivity contribution in [3.8, 4) is 0 Å². The third-order valence-corrected chi connectivity index (χ3v) is 3.42. The number of alkyl halides is 6. The lowest BCUT2D eigenvalue weighted by molar-refractivity contribution is -0.117. The maximum Gasteiger partial charge on any atom is 0.495 e. The van der Waals surface area contributed by atoms with Crippen molar-refractivity contribution in [2.24, 2.45) is 0 Å². The smallest absolute Gasteiger partial charge is 0.449 e. The predicted molar refractivity (Wildman–Crippen MR) is 77.7 cm³/mol. The van der Waals surface area contributed by atoms with E-state index in [4.69, 9.17) is 0 Å². The molecule has 0 aliphatic rings. The van der Waals surface area contributed by atoms with Crippen LogP contribution >= 0.6 is 11.9 Å². The monoisotopic (exact) mass is 390 g/mol. The summed E-state index contributed by atoms with van der Waals surface area (Å²) in [6, 6.07) is 3.76. The fourth-order valence-corrected chi connectivity index (χ4v) is 2.22. The first kappa shape index (κ1) is 20.9.